The van der Waals surface area contributed by atoms with Crippen LogP contribution in [0.1, 0.15) is 29.6 Å². The molecule has 1 aromatic heterocycles. The van der Waals surface area contributed by atoms with Crippen LogP contribution in [-0.4, -0.2) is 27.5 Å². The number of nitrogens with zero attached hydrogens (tertiary/aromatic N) is 2. The predicted molar refractivity (Wildman–Crippen MR) is 82.9 cm³/mol. The lowest BCUT2D eigenvalue weighted by Gasteiger charge is -2.17. The van der Waals surface area contributed by atoms with E-state index in [0.29, 0.717) is 5.69 Å². The Morgan fingerprint density at radius 2 is 2.22 bits per heavy atom. The lowest BCUT2D eigenvalue weighted by molar-refractivity contribution is 0.0930. The third-order valence-electron chi connectivity index (χ3n) is 4.09. The molecular weight excluding hydrogens is 299 g/mol. The summed E-state index contributed by atoms with van der Waals surface area (Å²) in [4.78, 5) is 27.6. The number of rotatable bonds is 3. The van der Waals surface area contributed by atoms with E-state index in [9.17, 15) is 14.0 Å². The van der Waals surface area contributed by atoms with Gasteiger partial charge in [0.15, 0.2) is 0 Å². The summed E-state index contributed by atoms with van der Waals surface area (Å²) >= 11 is 0. The van der Waals surface area contributed by atoms with Crippen LogP contribution in [0.4, 0.5) is 4.39 Å². The van der Waals surface area contributed by atoms with Crippen LogP contribution in [0.3, 0.4) is 0 Å². The van der Waals surface area contributed by atoms with Crippen LogP contribution in [-0.2, 0) is 0 Å². The Hall–Kier alpha value is -2.54. The number of carbonyl (C=O) groups is 1. The molecule has 23 heavy (non-hydrogen) atoms. The van der Waals surface area contributed by atoms with Crippen molar-refractivity contribution in [1.82, 2.24) is 14.9 Å². The lowest BCUT2D eigenvalue weighted by Crippen LogP contribution is -2.44. The van der Waals surface area contributed by atoms with Gasteiger partial charge in [-0.3, -0.25) is 19.1 Å². The van der Waals surface area contributed by atoms with Gasteiger partial charge >= 0.3 is 0 Å². The standard InChI is InChI=1S/C16H17FN4O2/c17-12-8-10(21-7-6-19-9-15(21)22)4-5-11(12)16(23)20-14-3-1-2-13(14)18/h4-9,13-14H,1-3,18H2,(H,20,23). The average molecular weight is 316 g/mol. The van der Waals surface area contributed by atoms with Gasteiger partial charge < -0.3 is 11.1 Å². The average Bonchev–Trinajstić information content (AvgIpc) is 2.92. The van der Waals surface area contributed by atoms with Crippen molar-refractivity contribution in [2.45, 2.75) is 31.3 Å². The van der Waals surface area contributed by atoms with Crippen molar-refractivity contribution < 1.29 is 9.18 Å². The van der Waals surface area contributed by atoms with Crippen LogP contribution in [0, 0.1) is 5.82 Å². The van der Waals surface area contributed by atoms with Gasteiger partial charge in [-0.05, 0) is 37.5 Å². The molecule has 2 aromatic rings. The summed E-state index contributed by atoms with van der Waals surface area (Å²) in [6.45, 7) is 0. The molecule has 2 unspecified atom stereocenters. The van der Waals surface area contributed by atoms with Crippen molar-refractivity contribution in [1.29, 1.82) is 0 Å². The fourth-order valence-electron chi connectivity index (χ4n) is 2.81. The highest BCUT2D eigenvalue weighted by molar-refractivity contribution is 5.95. The number of nitrogens with two attached hydrogens (primary N) is 1. The number of aromatic nitrogens is 2. The maximum atomic E-state index is 14.3. The minimum Gasteiger partial charge on any atom is -0.348 e. The van der Waals surface area contributed by atoms with E-state index in [1.54, 1.807) is 0 Å². The maximum absolute atomic E-state index is 14.3. The minimum absolute atomic E-state index is 0.0602. The van der Waals surface area contributed by atoms with Crippen LogP contribution in [0.25, 0.3) is 5.69 Å². The molecule has 1 aromatic carbocycles. The fraction of sp³-hybridized carbons (Fsp3) is 0.312. The Balaban J connectivity index is 1.83. The summed E-state index contributed by atoms with van der Waals surface area (Å²) in [6.07, 6.45) is 6.63. The molecule has 1 saturated carbocycles. The zero-order chi connectivity index (χ0) is 16.4. The van der Waals surface area contributed by atoms with Crippen molar-refractivity contribution >= 4 is 5.91 Å². The zero-order valence-corrected chi connectivity index (χ0v) is 12.4. The van der Waals surface area contributed by atoms with Crippen molar-refractivity contribution in [3.63, 3.8) is 0 Å². The SMILES string of the molecule is NC1CCCC1NC(=O)c1ccc(-n2ccncc2=O)cc1F. The Morgan fingerprint density at radius 1 is 1.39 bits per heavy atom. The molecule has 0 saturated heterocycles. The van der Waals surface area contributed by atoms with E-state index >= 15 is 0 Å². The summed E-state index contributed by atoms with van der Waals surface area (Å²) in [6, 6.07) is 3.84. The monoisotopic (exact) mass is 316 g/mol. The van der Waals surface area contributed by atoms with Gasteiger partial charge in [0.25, 0.3) is 11.5 Å². The number of hydrogen-bond donors (Lipinski definition) is 2. The van der Waals surface area contributed by atoms with Gasteiger partial charge in [-0.2, -0.15) is 0 Å². The van der Waals surface area contributed by atoms with E-state index in [4.69, 9.17) is 5.73 Å². The van der Waals surface area contributed by atoms with Gasteiger partial charge in [0.2, 0.25) is 0 Å². The topological polar surface area (TPSA) is 90.0 Å². The Kier molecular flexibility index (Phi) is 4.20. The van der Waals surface area contributed by atoms with E-state index in [0.717, 1.165) is 31.5 Å². The molecule has 6 nitrogen and oxygen atoms in total. The third-order valence-corrected chi connectivity index (χ3v) is 4.09. The molecule has 120 valence electrons. The van der Waals surface area contributed by atoms with Crippen LogP contribution >= 0.6 is 0 Å². The minimum atomic E-state index is -0.685. The van der Waals surface area contributed by atoms with Crippen LogP contribution < -0.4 is 16.6 Å². The van der Waals surface area contributed by atoms with E-state index < -0.39 is 11.7 Å². The van der Waals surface area contributed by atoms with E-state index in [1.165, 1.54) is 29.1 Å². The largest absolute Gasteiger partial charge is 0.348 e. The maximum Gasteiger partial charge on any atom is 0.273 e. The quantitative estimate of drug-likeness (QED) is 0.883. The first kappa shape index (κ1) is 15.4. The number of amides is 1. The van der Waals surface area contributed by atoms with Crippen molar-refractivity contribution in [2.75, 3.05) is 0 Å². The molecule has 1 heterocycles. The summed E-state index contributed by atoms with van der Waals surface area (Å²) in [7, 11) is 0. The predicted octanol–water partition coefficient (Wildman–Crippen LogP) is 0.981. The van der Waals surface area contributed by atoms with Gasteiger partial charge in [0.1, 0.15) is 5.82 Å². The highest BCUT2D eigenvalue weighted by Gasteiger charge is 2.26. The van der Waals surface area contributed by atoms with Crippen molar-refractivity contribution in [3.8, 4) is 5.69 Å². The molecular formula is C16H17FN4O2. The summed E-state index contributed by atoms with van der Waals surface area (Å²) in [5.74, 6) is -1.17. The second-order valence-electron chi connectivity index (χ2n) is 5.62. The van der Waals surface area contributed by atoms with E-state index in [-0.39, 0.29) is 23.2 Å². The number of carbonyl (C=O) groups excluding carboxylic acids is 1. The first-order valence-corrected chi connectivity index (χ1v) is 7.45. The Morgan fingerprint density at radius 3 is 2.87 bits per heavy atom. The number of halogens is 1. The molecule has 1 fully saturated rings. The first-order valence-electron chi connectivity index (χ1n) is 7.45. The normalized spacial score (nSPS) is 20.4. The molecule has 0 radical (unpaired) electrons. The van der Waals surface area contributed by atoms with Crippen molar-refractivity contribution in [3.05, 3.63) is 58.5 Å². The van der Waals surface area contributed by atoms with Crippen LogP contribution in [0.2, 0.25) is 0 Å². The van der Waals surface area contributed by atoms with Crippen molar-refractivity contribution in [2.24, 2.45) is 5.73 Å². The molecule has 3 rings (SSSR count). The van der Waals surface area contributed by atoms with Gasteiger partial charge in [-0.15, -0.1) is 0 Å². The molecule has 1 aliphatic rings. The van der Waals surface area contributed by atoms with Gasteiger partial charge in [-0.1, -0.05) is 0 Å². The Bertz CT molecular complexity index is 790. The number of nitrogens with one attached hydrogen (secondary N) is 1. The second-order valence-corrected chi connectivity index (χ2v) is 5.62. The molecule has 2 atom stereocenters. The number of benzene rings is 1. The lowest BCUT2D eigenvalue weighted by atomic mass is 10.1. The molecule has 7 heteroatoms. The van der Waals surface area contributed by atoms with Gasteiger partial charge in [0.05, 0.1) is 17.4 Å². The zero-order valence-electron chi connectivity index (χ0n) is 12.4. The highest BCUT2D eigenvalue weighted by Crippen LogP contribution is 2.19. The number of hydrogen-bond acceptors (Lipinski definition) is 4. The highest BCUT2D eigenvalue weighted by atomic mass is 19.1. The van der Waals surface area contributed by atoms with Gasteiger partial charge in [-0.25, -0.2) is 4.39 Å². The molecule has 1 aliphatic carbocycles. The molecule has 1 amide bonds. The van der Waals surface area contributed by atoms with E-state index in [1.807, 2.05) is 0 Å². The first-order chi connectivity index (χ1) is 11.1. The fourth-order valence-corrected chi connectivity index (χ4v) is 2.81. The second kappa shape index (κ2) is 6.29. The van der Waals surface area contributed by atoms with Crippen LogP contribution in [0.15, 0.2) is 41.6 Å². The summed E-state index contributed by atoms with van der Waals surface area (Å²) in [5, 5.41) is 2.77. The third kappa shape index (κ3) is 3.14. The molecule has 0 aliphatic heterocycles. The molecule has 0 spiro atoms. The van der Waals surface area contributed by atoms with Gasteiger partial charge in [0, 0.05) is 24.5 Å². The Labute approximate surface area is 132 Å². The summed E-state index contributed by atoms with van der Waals surface area (Å²) < 4.78 is 15.5. The summed E-state index contributed by atoms with van der Waals surface area (Å²) in [5.41, 5.74) is 5.81. The van der Waals surface area contributed by atoms with Crippen LogP contribution in [0.5, 0.6) is 0 Å². The molecule has 3 N–H and O–H groups in total. The molecule has 0 bridgehead atoms. The van der Waals surface area contributed by atoms with E-state index in [2.05, 4.69) is 10.3 Å². The smallest absolute Gasteiger partial charge is 0.273 e.